The van der Waals surface area contributed by atoms with Crippen LogP contribution in [0.2, 0.25) is 0 Å². The third kappa shape index (κ3) is 4.24. The van der Waals surface area contributed by atoms with Crippen LogP contribution in [0.15, 0.2) is 24.3 Å². The second-order valence-electron chi connectivity index (χ2n) is 4.72. The number of methoxy groups -OCH3 is 1. The first-order valence-corrected chi connectivity index (χ1v) is 6.52. The Kier molecular flexibility index (Phi) is 5.83. The minimum atomic E-state index is -0.881. The van der Waals surface area contributed by atoms with Gasteiger partial charge < -0.3 is 14.6 Å². The van der Waals surface area contributed by atoms with E-state index in [1.54, 1.807) is 18.2 Å². The average Bonchev–Trinajstić information content (AvgIpc) is 2.38. The van der Waals surface area contributed by atoms with Gasteiger partial charge in [-0.15, -0.1) is 0 Å². The van der Waals surface area contributed by atoms with Crippen LogP contribution in [0.3, 0.4) is 0 Å². The Morgan fingerprint density at radius 3 is 2.58 bits per heavy atom. The van der Waals surface area contributed by atoms with Crippen LogP contribution < -0.4 is 4.74 Å². The molecule has 0 fully saturated rings. The van der Waals surface area contributed by atoms with Gasteiger partial charge >= 0.3 is 5.97 Å². The fraction of sp³-hybridized carbons (Fsp3) is 0.533. The minimum Gasteiger partial charge on any atom is -0.491 e. The van der Waals surface area contributed by atoms with Crippen LogP contribution in [0.1, 0.15) is 38.9 Å². The number of carbonyl (C=O) groups is 1. The molecular weight excluding hydrogens is 244 g/mol. The molecule has 0 heterocycles. The Balaban J connectivity index is 2.91. The second-order valence-corrected chi connectivity index (χ2v) is 4.72. The lowest BCUT2D eigenvalue weighted by Crippen LogP contribution is -2.23. The minimum absolute atomic E-state index is 0.0648. The number of carbonyl (C=O) groups excluding carboxylic acids is 1. The van der Waals surface area contributed by atoms with Gasteiger partial charge in [0.25, 0.3) is 0 Å². The maximum absolute atomic E-state index is 11.6. The van der Waals surface area contributed by atoms with E-state index < -0.39 is 18.0 Å². The zero-order valence-corrected chi connectivity index (χ0v) is 11.9. The van der Waals surface area contributed by atoms with Crippen LogP contribution in [0.5, 0.6) is 5.75 Å². The molecule has 0 saturated heterocycles. The van der Waals surface area contributed by atoms with Crippen molar-refractivity contribution in [3.63, 3.8) is 0 Å². The molecule has 0 amide bonds. The van der Waals surface area contributed by atoms with Gasteiger partial charge in [-0.1, -0.05) is 19.1 Å². The third-order valence-electron chi connectivity index (χ3n) is 2.90. The summed E-state index contributed by atoms with van der Waals surface area (Å²) in [5.41, 5.74) is 0.662. The summed E-state index contributed by atoms with van der Waals surface area (Å²) in [6.07, 6.45) is -0.300. The van der Waals surface area contributed by atoms with Crippen LogP contribution in [0, 0.1) is 5.92 Å². The van der Waals surface area contributed by atoms with Crippen LogP contribution in [0.4, 0.5) is 0 Å². The number of ether oxygens (including phenoxy) is 2. The molecule has 106 valence electrons. The summed E-state index contributed by atoms with van der Waals surface area (Å²) < 4.78 is 10.3. The highest BCUT2D eigenvalue weighted by Crippen LogP contribution is 2.28. The molecule has 2 unspecified atom stereocenters. The fourth-order valence-corrected chi connectivity index (χ4v) is 1.95. The summed E-state index contributed by atoms with van der Waals surface area (Å²) in [6.45, 7) is 5.72. The molecule has 0 bridgehead atoms. The van der Waals surface area contributed by atoms with E-state index in [0.29, 0.717) is 17.7 Å². The summed E-state index contributed by atoms with van der Waals surface area (Å²) >= 11 is 0. The van der Waals surface area contributed by atoms with Crippen molar-refractivity contribution in [2.75, 3.05) is 7.11 Å². The molecule has 0 radical (unpaired) electrons. The number of hydrogen-bond donors (Lipinski definition) is 1. The number of rotatable bonds is 6. The summed E-state index contributed by atoms with van der Waals surface area (Å²) in [5, 5.41) is 10.3. The van der Waals surface area contributed by atoms with E-state index in [2.05, 4.69) is 0 Å². The Morgan fingerprint density at radius 1 is 1.37 bits per heavy atom. The Hall–Kier alpha value is -1.55. The van der Waals surface area contributed by atoms with Crippen LogP contribution in [-0.2, 0) is 9.53 Å². The highest BCUT2D eigenvalue weighted by atomic mass is 16.5. The van der Waals surface area contributed by atoms with Crippen LogP contribution in [0.25, 0.3) is 0 Å². The second kappa shape index (κ2) is 7.14. The zero-order valence-electron chi connectivity index (χ0n) is 11.9. The molecule has 1 aromatic rings. The van der Waals surface area contributed by atoms with Gasteiger partial charge in [0, 0.05) is 0 Å². The lowest BCUT2D eigenvalue weighted by atomic mass is 9.93. The van der Waals surface area contributed by atoms with Crippen molar-refractivity contribution in [2.45, 2.75) is 39.4 Å². The molecule has 1 N–H and O–H groups in total. The molecule has 2 atom stereocenters. The molecule has 0 aromatic heterocycles. The predicted molar refractivity (Wildman–Crippen MR) is 73.0 cm³/mol. The first kappa shape index (κ1) is 15.5. The molecule has 0 aliphatic heterocycles. The van der Waals surface area contributed by atoms with E-state index in [1.807, 2.05) is 26.8 Å². The van der Waals surface area contributed by atoms with Crippen molar-refractivity contribution in [1.82, 2.24) is 0 Å². The predicted octanol–water partition coefficient (Wildman–Crippen LogP) is 2.71. The quantitative estimate of drug-likeness (QED) is 0.804. The van der Waals surface area contributed by atoms with Gasteiger partial charge in [-0.3, -0.25) is 4.79 Å². The van der Waals surface area contributed by atoms with Crippen molar-refractivity contribution >= 4 is 5.97 Å². The van der Waals surface area contributed by atoms with Gasteiger partial charge in [-0.25, -0.2) is 0 Å². The molecule has 1 rings (SSSR count). The maximum Gasteiger partial charge on any atom is 0.311 e. The molecule has 0 aliphatic carbocycles. The molecule has 1 aromatic carbocycles. The van der Waals surface area contributed by atoms with E-state index in [9.17, 15) is 9.90 Å². The number of benzene rings is 1. The summed E-state index contributed by atoms with van der Waals surface area (Å²) in [5.74, 6) is -0.268. The molecule has 0 saturated carbocycles. The van der Waals surface area contributed by atoms with Crippen LogP contribution in [-0.4, -0.2) is 24.3 Å². The van der Waals surface area contributed by atoms with E-state index in [0.717, 1.165) is 0 Å². The Bertz CT molecular complexity index is 414. The molecule has 19 heavy (non-hydrogen) atoms. The van der Waals surface area contributed by atoms with Crippen molar-refractivity contribution in [3.8, 4) is 5.75 Å². The largest absolute Gasteiger partial charge is 0.491 e. The topological polar surface area (TPSA) is 55.8 Å². The van der Waals surface area contributed by atoms with Gasteiger partial charge in [0.15, 0.2) is 0 Å². The first-order chi connectivity index (χ1) is 8.99. The highest BCUT2D eigenvalue weighted by Gasteiger charge is 2.27. The summed E-state index contributed by atoms with van der Waals surface area (Å²) in [7, 11) is 1.33. The molecular formula is C15H22O4. The number of esters is 1. The average molecular weight is 266 g/mol. The first-order valence-electron chi connectivity index (χ1n) is 6.52. The van der Waals surface area contributed by atoms with Gasteiger partial charge in [-0.2, -0.15) is 0 Å². The van der Waals surface area contributed by atoms with Gasteiger partial charge in [-0.05, 0) is 38.0 Å². The molecule has 0 spiro atoms. The van der Waals surface area contributed by atoms with Crippen molar-refractivity contribution < 1.29 is 19.4 Å². The molecule has 0 aliphatic rings. The van der Waals surface area contributed by atoms with E-state index >= 15 is 0 Å². The smallest absolute Gasteiger partial charge is 0.311 e. The standard InChI is InChI=1S/C15H22O4/c1-5-13(15(17)18-4)14(16)11-7-6-8-12(9-11)19-10(2)3/h6-10,13-14,16H,5H2,1-4H3. The number of hydrogen-bond acceptors (Lipinski definition) is 4. The molecule has 4 heteroatoms. The maximum atomic E-state index is 11.6. The van der Waals surface area contributed by atoms with Gasteiger partial charge in [0.2, 0.25) is 0 Å². The summed E-state index contributed by atoms with van der Waals surface area (Å²) in [4.78, 5) is 11.6. The lowest BCUT2D eigenvalue weighted by Gasteiger charge is -2.20. The highest BCUT2D eigenvalue weighted by molar-refractivity contribution is 5.73. The van der Waals surface area contributed by atoms with E-state index in [4.69, 9.17) is 9.47 Å². The number of aliphatic hydroxyl groups excluding tert-OH is 1. The van der Waals surface area contributed by atoms with E-state index in [-0.39, 0.29) is 6.10 Å². The van der Waals surface area contributed by atoms with Crippen molar-refractivity contribution in [3.05, 3.63) is 29.8 Å². The lowest BCUT2D eigenvalue weighted by molar-refractivity contribution is -0.149. The normalized spacial score (nSPS) is 14.0. The monoisotopic (exact) mass is 266 g/mol. The SMILES string of the molecule is CCC(C(=O)OC)C(O)c1cccc(OC(C)C)c1. The number of aliphatic hydroxyl groups is 1. The Morgan fingerprint density at radius 2 is 2.05 bits per heavy atom. The summed E-state index contributed by atoms with van der Waals surface area (Å²) in [6, 6.07) is 7.18. The Labute approximate surface area is 114 Å². The zero-order chi connectivity index (χ0) is 14.4. The van der Waals surface area contributed by atoms with E-state index in [1.165, 1.54) is 7.11 Å². The fourth-order valence-electron chi connectivity index (χ4n) is 1.95. The van der Waals surface area contributed by atoms with Gasteiger partial charge in [0.05, 0.1) is 25.2 Å². The van der Waals surface area contributed by atoms with Gasteiger partial charge in [0.1, 0.15) is 5.75 Å². The molecule has 4 nitrogen and oxygen atoms in total. The third-order valence-corrected chi connectivity index (χ3v) is 2.90. The van der Waals surface area contributed by atoms with Crippen molar-refractivity contribution in [2.24, 2.45) is 5.92 Å². The van der Waals surface area contributed by atoms with Crippen LogP contribution >= 0.6 is 0 Å². The van der Waals surface area contributed by atoms with Crippen molar-refractivity contribution in [1.29, 1.82) is 0 Å².